The molecule has 6 nitrogen and oxygen atoms in total. The topological polar surface area (TPSA) is 51.1 Å². The van der Waals surface area contributed by atoms with Crippen LogP contribution in [0.2, 0.25) is 0 Å². The van der Waals surface area contributed by atoms with Crippen LogP contribution in [0.1, 0.15) is 0 Å². The van der Waals surface area contributed by atoms with E-state index in [0.29, 0.717) is 52.9 Å². The highest BCUT2D eigenvalue weighted by molar-refractivity contribution is 7.14. The summed E-state index contributed by atoms with van der Waals surface area (Å²) < 4.78 is 31.4. The lowest BCUT2D eigenvalue weighted by Gasteiger charge is -2.28. The summed E-state index contributed by atoms with van der Waals surface area (Å²) in [5, 5.41) is 4.23. The van der Waals surface area contributed by atoms with Crippen LogP contribution in [0, 0.1) is 0 Å². The van der Waals surface area contributed by atoms with Crippen LogP contribution in [0.15, 0.2) is 65.4 Å². The first-order valence-electron chi connectivity index (χ1n) is 11.6. The van der Waals surface area contributed by atoms with Crippen molar-refractivity contribution in [1.82, 2.24) is 4.57 Å². The van der Waals surface area contributed by atoms with Gasteiger partial charge in [-0.2, -0.15) is 0 Å². The van der Waals surface area contributed by atoms with Crippen LogP contribution in [0.5, 0.6) is 0 Å². The fourth-order valence-electron chi connectivity index (χ4n) is 4.04. The zero-order chi connectivity index (χ0) is 23.0. The van der Waals surface area contributed by atoms with E-state index in [9.17, 15) is 0 Å². The van der Waals surface area contributed by atoms with E-state index >= 15 is 0 Å². The molecule has 2 atom stereocenters. The van der Waals surface area contributed by atoms with E-state index in [1.54, 1.807) is 22.7 Å². The Bertz CT molecular complexity index is 1020. The van der Waals surface area contributed by atoms with E-state index in [-0.39, 0.29) is 12.2 Å². The molecule has 0 radical (unpaired) electrons. The molecule has 1 aliphatic heterocycles. The van der Waals surface area contributed by atoms with Crippen molar-refractivity contribution in [3.8, 4) is 21.1 Å². The highest BCUT2D eigenvalue weighted by Crippen LogP contribution is 2.37. The van der Waals surface area contributed by atoms with Crippen LogP contribution >= 0.6 is 22.7 Å². The largest absolute Gasteiger partial charge is 0.377 e. The number of hydrogen-bond donors (Lipinski definition) is 0. The number of thiophene rings is 2. The highest BCUT2D eigenvalue weighted by Gasteiger charge is 2.25. The molecular formula is C26H29NO5S2. The zero-order valence-electron chi connectivity index (χ0n) is 19.0. The summed E-state index contributed by atoms with van der Waals surface area (Å²) >= 11 is 3.49. The van der Waals surface area contributed by atoms with Gasteiger partial charge in [-0.05, 0) is 47.2 Å². The molecule has 5 rings (SSSR count). The van der Waals surface area contributed by atoms with Gasteiger partial charge in [-0.25, -0.2) is 0 Å². The lowest BCUT2D eigenvalue weighted by atomic mass is 10.1. The molecule has 3 aromatic heterocycles. The first-order chi connectivity index (χ1) is 16.9. The van der Waals surface area contributed by atoms with Gasteiger partial charge in [0.05, 0.1) is 74.0 Å². The van der Waals surface area contributed by atoms with Gasteiger partial charge in [0.1, 0.15) is 12.2 Å². The number of ether oxygens (including phenoxy) is 5. The molecule has 2 aliphatic rings. The lowest BCUT2D eigenvalue weighted by Crippen LogP contribution is -2.33. The number of nitrogens with zero attached hydrogens (tertiary/aromatic N) is 1. The van der Waals surface area contributed by atoms with Gasteiger partial charge >= 0.3 is 0 Å². The molecule has 3 aromatic rings. The van der Waals surface area contributed by atoms with E-state index in [0.717, 1.165) is 5.70 Å². The molecule has 0 amide bonds. The van der Waals surface area contributed by atoms with Gasteiger partial charge in [-0.3, -0.25) is 0 Å². The van der Waals surface area contributed by atoms with Crippen molar-refractivity contribution in [3.63, 3.8) is 0 Å². The van der Waals surface area contributed by atoms with Crippen LogP contribution < -0.4 is 0 Å². The Kier molecular flexibility index (Phi) is 8.42. The van der Waals surface area contributed by atoms with Crippen LogP contribution in [-0.2, 0) is 23.7 Å². The normalized spacial score (nSPS) is 23.0. The Labute approximate surface area is 208 Å². The van der Waals surface area contributed by atoms with Gasteiger partial charge in [0.2, 0.25) is 0 Å². The first-order valence-corrected chi connectivity index (χ1v) is 13.3. The summed E-state index contributed by atoms with van der Waals surface area (Å²) in [4.78, 5) is 2.46. The molecule has 180 valence electrons. The van der Waals surface area contributed by atoms with Crippen molar-refractivity contribution >= 4 is 28.4 Å². The highest BCUT2D eigenvalue weighted by atomic mass is 32.1. The Balaban J connectivity index is 1.43. The minimum atomic E-state index is -0.222. The second-order valence-electron chi connectivity index (χ2n) is 7.85. The molecule has 1 aliphatic carbocycles. The van der Waals surface area contributed by atoms with Gasteiger partial charge in [0.25, 0.3) is 0 Å². The summed E-state index contributed by atoms with van der Waals surface area (Å²) in [5.74, 6) is 0. The minimum Gasteiger partial charge on any atom is -0.377 e. The molecule has 8 heteroatoms. The fourth-order valence-corrected chi connectivity index (χ4v) is 5.52. The number of aromatic nitrogens is 1. The Morgan fingerprint density at radius 2 is 1.18 bits per heavy atom. The smallest absolute Gasteiger partial charge is 0.108 e. The molecule has 0 N–H and O–H groups in total. The van der Waals surface area contributed by atoms with Crippen molar-refractivity contribution in [2.75, 3.05) is 52.9 Å². The van der Waals surface area contributed by atoms with E-state index in [1.807, 2.05) is 0 Å². The van der Waals surface area contributed by atoms with Crippen molar-refractivity contribution in [1.29, 1.82) is 0 Å². The monoisotopic (exact) mass is 499 g/mol. The number of rotatable bonds is 3. The number of allylic oxidation sites excluding steroid dienone is 2. The fraction of sp³-hybridized carbons (Fsp3) is 0.385. The lowest BCUT2D eigenvalue weighted by molar-refractivity contribution is -0.0560. The third-order valence-electron chi connectivity index (χ3n) is 5.62. The average Bonchev–Trinajstić information content (AvgIpc) is 3.62. The van der Waals surface area contributed by atoms with Crippen LogP contribution in [0.25, 0.3) is 26.8 Å². The van der Waals surface area contributed by atoms with Gasteiger partial charge in [-0.1, -0.05) is 18.2 Å². The second-order valence-corrected chi connectivity index (χ2v) is 9.75. The first kappa shape index (κ1) is 23.7. The van der Waals surface area contributed by atoms with Crippen molar-refractivity contribution < 1.29 is 23.7 Å². The predicted molar refractivity (Wildman–Crippen MR) is 136 cm³/mol. The Hall–Kier alpha value is -2.04. The Morgan fingerprint density at radius 3 is 1.71 bits per heavy atom. The maximum atomic E-state index is 6.24. The standard InChI is InChI=1S/C26H29NO5S2/c1-3-25(33-17-1)21-6-7-22(26-4-2-18-34-26)27(21)20-5-8-23-24(19-20)32-16-14-30-12-10-28-9-11-29-13-15-31-23/h1-8,17-19,23-24H,9-16H2. The van der Waals surface area contributed by atoms with Crippen molar-refractivity contribution in [2.24, 2.45) is 0 Å². The van der Waals surface area contributed by atoms with E-state index in [1.165, 1.54) is 21.1 Å². The molecule has 1 saturated heterocycles. The molecule has 1 fully saturated rings. The number of fused-ring (bicyclic) bond motifs is 1. The summed E-state index contributed by atoms with van der Waals surface area (Å²) in [6, 6.07) is 12.9. The van der Waals surface area contributed by atoms with Crippen LogP contribution in [0.3, 0.4) is 0 Å². The molecule has 34 heavy (non-hydrogen) atoms. The molecule has 0 aromatic carbocycles. The number of hydrogen-bond acceptors (Lipinski definition) is 7. The maximum Gasteiger partial charge on any atom is 0.108 e. The van der Waals surface area contributed by atoms with Crippen LogP contribution in [0.4, 0.5) is 0 Å². The molecule has 0 bridgehead atoms. The Morgan fingerprint density at radius 1 is 0.647 bits per heavy atom. The summed E-state index contributed by atoms with van der Waals surface area (Å²) in [6.07, 6.45) is 6.00. The molecular weight excluding hydrogens is 470 g/mol. The molecule has 2 unspecified atom stereocenters. The SMILES string of the molecule is C1=CC2OCCOCCOCCOCCOC2C=C1n1c(-c2cccs2)ccc1-c1cccs1. The summed E-state index contributed by atoms with van der Waals surface area (Å²) in [7, 11) is 0. The van der Waals surface area contributed by atoms with E-state index in [2.05, 4.69) is 70.0 Å². The van der Waals surface area contributed by atoms with Gasteiger partial charge < -0.3 is 28.3 Å². The minimum absolute atomic E-state index is 0.181. The van der Waals surface area contributed by atoms with Gasteiger partial charge in [0.15, 0.2) is 0 Å². The van der Waals surface area contributed by atoms with Gasteiger partial charge in [-0.15, -0.1) is 22.7 Å². The summed E-state index contributed by atoms with van der Waals surface area (Å²) in [6.45, 7) is 4.25. The molecule has 4 heterocycles. The van der Waals surface area contributed by atoms with Crippen molar-refractivity contribution in [3.05, 3.63) is 65.4 Å². The quantitative estimate of drug-likeness (QED) is 0.497. The van der Waals surface area contributed by atoms with Crippen molar-refractivity contribution in [2.45, 2.75) is 12.2 Å². The maximum absolute atomic E-state index is 6.24. The van der Waals surface area contributed by atoms with Gasteiger partial charge in [0, 0.05) is 5.70 Å². The van der Waals surface area contributed by atoms with E-state index in [4.69, 9.17) is 23.7 Å². The zero-order valence-corrected chi connectivity index (χ0v) is 20.6. The summed E-state index contributed by atoms with van der Waals surface area (Å²) in [5.41, 5.74) is 3.41. The average molecular weight is 500 g/mol. The molecule has 0 saturated carbocycles. The third-order valence-corrected chi connectivity index (χ3v) is 7.41. The predicted octanol–water partition coefficient (Wildman–Crippen LogP) is 5.19. The van der Waals surface area contributed by atoms with E-state index < -0.39 is 0 Å². The second kappa shape index (κ2) is 12.1. The molecule has 0 spiro atoms. The van der Waals surface area contributed by atoms with Crippen LogP contribution in [-0.4, -0.2) is 69.6 Å². The third kappa shape index (κ3) is 5.78.